The van der Waals surface area contributed by atoms with E-state index in [1.54, 1.807) is 0 Å². The van der Waals surface area contributed by atoms with E-state index < -0.39 is 6.10 Å². The molecule has 5 nitrogen and oxygen atoms in total. The summed E-state index contributed by atoms with van der Waals surface area (Å²) in [6, 6.07) is -0.0968. The monoisotopic (exact) mass is 246 g/mol. The lowest BCUT2D eigenvalue weighted by Gasteiger charge is -2.18. The summed E-state index contributed by atoms with van der Waals surface area (Å²) >= 11 is 0. The zero-order chi connectivity index (χ0) is 13.3. The predicted molar refractivity (Wildman–Crippen MR) is 68.0 cm³/mol. The number of nitrogens with one attached hydrogen (secondary N) is 2. The van der Waals surface area contributed by atoms with Crippen LogP contribution in [-0.2, 0) is 4.74 Å². The Morgan fingerprint density at radius 2 is 2.06 bits per heavy atom. The van der Waals surface area contributed by atoms with Gasteiger partial charge in [0.1, 0.15) is 0 Å². The van der Waals surface area contributed by atoms with Crippen LogP contribution >= 0.6 is 0 Å². The van der Waals surface area contributed by atoms with Gasteiger partial charge in [0, 0.05) is 19.7 Å². The molecule has 0 aliphatic carbocycles. The fourth-order valence-electron chi connectivity index (χ4n) is 1.57. The first-order chi connectivity index (χ1) is 7.99. The summed E-state index contributed by atoms with van der Waals surface area (Å²) in [7, 11) is 1.51. The Morgan fingerprint density at radius 3 is 2.59 bits per heavy atom. The number of hydrogen-bond donors (Lipinski definition) is 3. The van der Waals surface area contributed by atoms with Crippen LogP contribution < -0.4 is 10.6 Å². The summed E-state index contributed by atoms with van der Waals surface area (Å²) in [4.78, 5) is 11.5. The molecule has 0 heterocycles. The molecule has 0 aliphatic rings. The van der Waals surface area contributed by atoms with Gasteiger partial charge in [-0.05, 0) is 19.3 Å². The number of methoxy groups -OCH3 is 1. The fraction of sp³-hybridized carbons (Fsp3) is 0.917. The third kappa shape index (κ3) is 8.94. The smallest absolute Gasteiger partial charge is 0.315 e. The maximum atomic E-state index is 11.5. The minimum absolute atomic E-state index is 0.143. The molecule has 0 rings (SSSR count). The van der Waals surface area contributed by atoms with Crippen molar-refractivity contribution < 1.29 is 14.6 Å². The van der Waals surface area contributed by atoms with Gasteiger partial charge in [-0.3, -0.25) is 0 Å². The Kier molecular flexibility index (Phi) is 8.80. The first kappa shape index (κ1) is 16.2. The standard InChI is InChI=1S/C12H26N2O3/c1-5-9(2)6-10(3)14-12(16)13-7-11(15)8-17-4/h9-11,15H,5-8H2,1-4H3,(H2,13,14,16). The highest BCUT2D eigenvalue weighted by Gasteiger charge is 2.11. The fourth-order valence-corrected chi connectivity index (χ4v) is 1.57. The number of ether oxygens (including phenoxy) is 1. The van der Waals surface area contributed by atoms with E-state index >= 15 is 0 Å². The van der Waals surface area contributed by atoms with Crippen molar-refractivity contribution in [3.05, 3.63) is 0 Å². The predicted octanol–water partition coefficient (Wildman–Crippen LogP) is 1.12. The van der Waals surface area contributed by atoms with Gasteiger partial charge in [0.25, 0.3) is 0 Å². The molecular formula is C12H26N2O3. The van der Waals surface area contributed by atoms with Crippen LogP contribution in [0, 0.1) is 5.92 Å². The molecule has 0 aromatic heterocycles. The molecule has 0 spiro atoms. The van der Waals surface area contributed by atoms with Crippen molar-refractivity contribution in [2.24, 2.45) is 5.92 Å². The molecule has 0 aliphatic heterocycles. The summed E-state index contributed by atoms with van der Waals surface area (Å²) in [5.41, 5.74) is 0. The van der Waals surface area contributed by atoms with Crippen LogP contribution in [0.1, 0.15) is 33.6 Å². The second-order valence-corrected chi connectivity index (χ2v) is 4.61. The number of aliphatic hydroxyl groups excluding tert-OH is 1. The molecule has 5 heteroatoms. The molecule has 2 amide bonds. The summed E-state index contributed by atoms with van der Waals surface area (Å²) in [6.07, 6.45) is 1.42. The van der Waals surface area contributed by atoms with Gasteiger partial charge in [-0.1, -0.05) is 20.3 Å². The van der Waals surface area contributed by atoms with Crippen molar-refractivity contribution in [1.82, 2.24) is 10.6 Å². The van der Waals surface area contributed by atoms with Gasteiger partial charge in [0.05, 0.1) is 12.7 Å². The number of amides is 2. The number of aliphatic hydroxyl groups is 1. The molecule has 3 atom stereocenters. The van der Waals surface area contributed by atoms with E-state index in [1.807, 2.05) is 6.92 Å². The minimum atomic E-state index is -0.657. The van der Waals surface area contributed by atoms with Crippen molar-refractivity contribution in [1.29, 1.82) is 0 Å². The van der Waals surface area contributed by atoms with Crippen LogP contribution in [0.2, 0.25) is 0 Å². The van der Waals surface area contributed by atoms with E-state index in [0.29, 0.717) is 5.92 Å². The van der Waals surface area contributed by atoms with Crippen molar-refractivity contribution >= 4 is 6.03 Å². The molecule has 17 heavy (non-hydrogen) atoms. The molecule has 0 fully saturated rings. The minimum Gasteiger partial charge on any atom is -0.389 e. The Hall–Kier alpha value is -0.810. The Balaban J connectivity index is 3.70. The number of rotatable bonds is 8. The molecule has 3 N–H and O–H groups in total. The number of carbonyl (C=O) groups is 1. The Labute approximate surface area is 104 Å². The lowest BCUT2D eigenvalue weighted by atomic mass is 10.0. The molecule has 0 aromatic rings. The van der Waals surface area contributed by atoms with Gasteiger partial charge in [-0.25, -0.2) is 4.79 Å². The van der Waals surface area contributed by atoms with Crippen LogP contribution in [0.3, 0.4) is 0 Å². The highest BCUT2D eigenvalue weighted by atomic mass is 16.5. The van der Waals surface area contributed by atoms with Crippen LogP contribution in [-0.4, -0.2) is 43.5 Å². The summed E-state index contributed by atoms with van der Waals surface area (Å²) < 4.78 is 4.76. The first-order valence-electron chi connectivity index (χ1n) is 6.20. The van der Waals surface area contributed by atoms with Crippen LogP contribution in [0.5, 0.6) is 0 Å². The Bertz CT molecular complexity index is 212. The second-order valence-electron chi connectivity index (χ2n) is 4.61. The number of hydrogen-bond acceptors (Lipinski definition) is 3. The zero-order valence-electron chi connectivity index (χ0n) is 11.3. The van der Waals surface area contributed by atoms with Crippen molar-refractivity contribution in [3.8, 4) is 0 Å². The summed E-state index contributed by atoms with van der Waals surface area (Å²) in [6.45, 7) is 6.72. The second kappa shape index (κ2) is 9.24. The molecule has 0 aromatic carbocycles. The van der Waals surface area contributed by atoms with Crippen LogP contribution in [0.15, 0.2) is 0 Å². The van der Waals surface area contributed by atoms with E-state index in [2.05, 4.69) is 24.5 Å². The molecule has 0 saturated carbocycles. The maximum Gasteiger partial charge on any atom is 0.315 e. The zero-order valence-corrected chi connectivity index (χ0v) is 11.3. The average Bonchev–Trinajstić information content (AvgIpc) is 2.26. The normalized spacial score (nSPS) is 16.1. The highest BCUT2D eigenvalue weighted by Crippen LogP contribution is 2.08. The lowest BCUT2D eigenvalue weighted by Crippen LogP contribution is -2.44. The van der Waals surface area contributed by atoms with Crippen LogP contribution in [0.25, 0.3) is 0 Å². The van der Waals surface area contributed by atoms with Gasteiger partial charge in [0.15, 0.2) is 0 Å². The van der Waals surface area contributed by atoms with Gasteiger partial charge in [-0.15, -0.1) is 0 Å². The van der Waals surface area contributed by atoms with E-state index in [0.717, 1.165) is 12.8 Å². The highest BCUT2D eigenvalue weighted by molar-refractivity contribution is 5.74. The van der Waals surface area contributed by atoms with E-state index in [-0.39, 0.29) is 25.2 Å². The molecule has 0 bridgehead atoms. The average molecular weight is 246 g/mol. The first-order valence-corrected chi connectivity index (χ1v) is 6.20. The third-order valence-electron chi connectivity index (χ3n) is 2.69. The quantitative estimate of drug-likeness (QED) is 0.601. The lowest BCUT2D eigenvalue weighted by molar-refractivity contribution is 0.0659. The SMILES string of the molecule is CCC(C)CC(C)NC(=O)NCC(O)COC. The van der Waals surface area contributed by atoms with E-state index in [4.69, 9.17) is 4.74 Å². The van der Waals surface area contributed by atoms with Gasteiger partial charge >= 0.3 is 6.03 Å². The molecule has 0 saturated heterocycles. The van der Waals surface area contributed by atoms with Gasteiger partial charge in [-0.2, -0.15) is 0 Å². The van der Waals surface area contributed by atoms with Crippen molar-refractivity contribution in [3.63, 3.8) is 0 Å². The number of urea groups is 1. The van der Waals surface area contributed by atoms with E-state index in [9.17, 15) is 9.90 Å². The third-order valence-corrected chi connectivity index (χ3v) is 2.69. The topological polar surface area (TPSA) is 70.6 Å². The van der Waals surface area contributed by atoms with Crippen LogP contribution in [0.4, 0.5) is 4.79 Å². The molecule has 3 unspecified atom stereocenters. The summed E-state index contributed by atoms with van der Waals surface area (Å²) in [5, 5.41) is 14.8. The van der Waals surface area contributed by atoms with Gasteiger partial charge in [0.2, 0.25) is 0 Å². The molecular weight excluding hydrogens is 220 g/mol. The van der Waals surface area contributed by atoms with E-state index in [1.165, 1.54) is 7.11 Å². The van der Waals surface area contributed by atoms with Crippen molar-refractivity contribution in [2.75, 3.05) is 20.3 Å². The van der Waals surface area contributed by atoms with Crippen molar-refractivity contribution in [2.45, 2.75) is 45.8 Å². The molecule has 0 radical (unpaired) electrons. The molecule has 102 valence electrons. The van der Waals surface area contributed by atoms with Gasteiger partial charge < -0.3 is 20.5 Å². The Morgan fingerprint density at radius 1 is 1.41 bits per heavy atom. The summed E-state index contributed by atoms with van der Waals surface area (Å²) in [5.74, 6) is 0.601. The number of carbonyl (C=O) groups excluding carboxylic acids is 1. The maximum absolute atomic E-state index is 11.5. The largest absolute Gasteiger partial charge is 0.389 e.